The van der Waals surface area contributed by atoms with Gasteiger partial charge in [0, 0.05) is 13.1 Å². The standard InChI is InChI=1S/C21H23FN4O2.2ClH/c22-15-7-5-14(6-8-15)18(25-21(27)20-10-9-16(11-23)28-20)12-26-13-24-17-3-1-2-4-19(17)26;;/h1-8,13,16,18,20H,9-12,23H2,(H,25,27);2*1H/t16-,18?,20+;;/m1../s1. The fourth-order valence-electron chi connectivity index (χ4n) is 3.62. The Morgan fingerprint density at radius 1 is 1.20 bits per heavy atom. The van der Waals surface area contributed by atoms with E-state index in [1.807, 2.05) is 28.8 Å². The first kappa shape index (κ1) is 24.1. The quantitative estimate of drug-likeness (QED) is 0.597. The van der Waals surface area contributed by atoms with Crippen LogP contribution in [0.15, 0.2) is 54.9 Å². The van der Waals surface area contributed by atoms with Crippen LogP contribution in [0.1, 0.15) is 24.4 Å². The number of nitrogens with one attached hydrogen (secondary N) is 1. The molecule has 1 aliphatic rings. The van der Waals surface area contributed by atoms with E-state index in [1.54, 1.807) is 18.5 Å². The lowest BCUT2D eigenvalue weighted by molar-refractivity contribution is -0.132. The highest BCUT2D eigenvalue weighted by Crippen LogP contribution is 2.23. The van der Waals surface area contributed by atoms with Gasteiger partial charge >= 0.3 is 0 Å². The van der Waals surface area contributed by atoms with Gasteiger partial charge in [0.05, 0.1) is 29.5 Å². The van der Waals surface area contributed by atoms with Crippen molar-refractivity contribution in [2.24, 2.45) is 5.73 Å². The van der Waals surface area contributed by atoms with E-state index < -0.39 is 6.10 Å². The molecule has 1 aliphatic heterocycles. The lowest BCUT2D eigenvalue weighted by Crippen LogP contribution is -2.39. The van der Waals surface area contributed by atoms with Crippen LogP contribution >= 0.6 is 24.8 Å². The zero-order valence-electron chi connectivity index (χ0n) is 16.2. The van der Waals surface area contributed by atoms with Gasteiger partial charge in [0.25, 0.3) is 0 Å². The summed E-state index contributed by atoms with van der Waals surface area (Å²) in [5.74, 6) is -0.485. The monoisotopic (exact) mass is 454 g/mol. The van der Waals surface area contributed by atoms with Crippen LogP contribution in [0.4, 0.5) is 4.39 Å². The molecular weight excluding hydrogens is 430 g/mol. The summed E-state index contributed by atoms with van der Waals surface area (Å²) >= 11 is 0. The molecule has 3 N–H and O–H groups in total. The summed E-state index contributed by atoms with van der Waals surface area (Å²) in [6.07, 6.45) is 2.61. The fourth-order valence-corrected chi connectivity index (χ4v) is 3.62. The van der Waals surface area contributed by atoms with Crippen LogP contribution in [0.25, 0.3) is 11.0 Å². The fraction of sp³-hybridized carbons (Fsp3) is 0.333. The SMILES string of the molecule is Cl.Cl.NC[C@H]1CC[C@@H](C(=O)NC(Cn2cnc3ccccc32)c2ccc(F)cc2)O1. The van der Waals surface area contributed by atoms with Crippen molar-refractivity contribution in [3.05, 3.63) is 66.2 Å². The van der Waals surface area contributed by atoms with Crippen molar-refractivity contribution in [3.8, 4) is 0 Å². The number of benzene rings is 2. The lowest BCUT2D eigenvalue weighted by Gasteiger charge is -2.22. The van der Waals surface area contributed by atoms with Gasteiger partial charge in [-0.05, 0) is 42.7 Å². The maximum atomic E-state index is 13.4. The number of fused-ring (bicyclic) bond motifs is 1. The molecule has 0 spiro atoms. The largest absolute Gasteiger partial charge is 0.364 e. The molecule has 0 bridgehead atoms. The zero-order valence-corrected chi connectivity index (χ0v) is 17.9. The third-order valence-electron chi connectivity index (χ3n) is 5.16. The number of aromatic nitrogens is 2. The van der Waals surface area contributed by atoms with Gasteiger partial charge in [-0.25, -0.2) is 9.37 Å². The van der Waals surface area contributed by atoms with Crippen LogP contribution in [-0.2, 0) is 16.1 Å². The zero-order chi connectivity index (χ0) is 19.5. The van der Waals surface area contributed by atoms with Gasteiger partial charge in [0.1, 0.15) is 11.9 Å². The van der Waals surface area contributed by atoms with E-state index in [0.29, 0.717) is 19.5 Å². The summed E-state index contributed by atoms with van der Waals surface area (Å²) in [7, 11) is 0. The number of hydrogen-bond acceptors (Lipinski definition) is 4. The molecule has 30 heavy (non-hydrogen) atoms. The van der Waals surface area contributed by atoms with Crippen LogP contribution < -0.4 is 11.1 Å². The molecule has 4 rings (SSSR count). The summed E-state index contributed by atoms with van der Waals surface area (Å²) in [5.41, 5.74) is 8.33. The Morgan fingerprint density at radius 2 is 1.93 bits per heavy atom. The number of carbonyl (C=O) groups is 1. The number of imidazole rings is 1. The predicted octanol–water partition coefficient (Wildman–Crippen LogP) is 3.38. The number of rotatable bonds is 6. The van der Waals surface area contributed by atoms with Crippen molar-refractivity contribution in [1.29, 1.82) is 0 Å². The summed E-state index contributed by atoms with van der Waals surface area (Å²) in [4.78, 5) is 17.2. The first-order valence-corrected chi connectivity index (χ1v) is 9.45. The van der Waals surface area contributed by atoms with Crippen LogP contribution in [0, 0.1) is 5.82 Å². The van der Waals surface area contributed by atoms with Crippen molar-refractivity contribution >= 4 is 41.8 Å². The Kier molecular flexibility index (Phi) is 8.61. The molecule has 1 unspecified atom stereocenters. The van der Waals surface area contributed by atoms with Gasteiger partial charge in [0.15, 0.2) is 0 Å². The first-order valence-electron chi connectivity index (χ1n) is 9.45. The first-order chi connectivity index (χ1) is 13.6. The van der Waals surface area contributed by atoms with E-state index in [-0.39, 0.29) is 48.7 Å². The number of carbonyl (C=O) groups excluding carboxylic acids is 1. The second-order valence-corrected chi connectivity index (χ2v) is 7.06. The van der Waals surface area contributed by atoms with Crippen molar-refractivity contribution in [1.82, 2.24) is 14.9 Å². The molecule has 1 saturated heterocycles. The Morgan fingerprint density at radius 3 is 2.63 bits per heavy atom. The maximum Gasteiger partial charge on any atom is 0.249 e. The second kappa shape index (κ2) is 10.7. The summed E-state index contributed by atoms with van der Waals surface area (Å²) < 4.78 is 21.1. The van der Waals surface area contributed by atoms with Crippen LogP contribution in [0.2, 0.25) is 0 Å². The maximum absolute atomic E-state index is 13.4. The Labute approximate surface area is 186 Å². The molecular formula is C21H25Cl2FN4O2. The number of halogens is 3. The number of ether oxygens (including phenoxy) is 1. The van der Waals surface area contributed by atoms with Gasteiger partial charge in [-0.1, -0.05) is 24.3 Å². The number of nitrogens with zero attached hydrogens (tertiary/aromatic N) is 2. The topological polar surface area (TPSA) is 82.2 Å². The van der Waals surface area contributed by atoms with E-state index in [9.17, 15) is 9.18 Å². The minimum Gasteiger partial charge on any atom is -0.364 e. The molecule has 3 atom stereocenters. The van der Waals surface area contributed by atoms with Gasteiger partial charge in [-0.15, -0.1) is 24.8 Å². The summed E-state index contributed by atoms with van der Waals surface area (Å²) in [6.45, 7) is 0.886. The molecule has 2 aromatic carbocycles. The third-order valence-corrected chi connectivity index (χ3v) is 5.16. The number of hydrogen-bond donors (Lipinski definition) is 2. The third kappa shape index (κ3) is 5.29. The van der Waals surface area contributed by atoms with Crippen LogP contribution in [-0.4, -0.2) is 34.2 Å². The Hall–Kier alpha value is -2.19. The number of nitrogens with two attached hydrogens (primary N) is 1. The summed E-state index contributed by atoms with van der Waals surface area (Å²) in [5, 5.41) is 3.07. The average Bonchev–Trinajstić information content (AvgIpc) is 3.35. The number of para-hydroxylation sites is 2. The molecule has 3 aromatic rings. The van der Waals surface area contributed by atoms with Gasteiger partial charge in [-0.3, -0.25) is 4.79 Å². The van der Waals surface area contributed by atoms with Gasteiger partial charge in [0.2, 0.25) is 5.91 Å². The second-order valence-electron chi connectivity index (χ2n) is 7.06. The van der Waals surface area contributed by atoms with E-state index in [4.69, 9.17) is 10.5 Å². The molecule has 2 heterocycles. The highest BCUT2D eigenvalue weighted by molar-refractivity contribution is 5.85. The van der Waals surface area contributed by atoms with Crippen molar-refractivity contribution in [2.75, 3.05) is 6.54 Å². The van der Waals surface area contributed by atoms with Crippen LogP contribution in [0.5, 0.6) is 0 Å². The van der Waals surface area contributed by atoms with Crippen molar-refractivity contribution in [2.45, 2.75) is 37.6 Å². The Balaban J connectivity index is 0.00000160. The number of amides is 1. The molecule has 0 radical (unpaired) electrons. The Bertz CT molecular complexity index is 967. The van der Waals surface area contributed by atoms with E-state index in [0.717, 1.165) is 23.0 Å². The van der Waals surface area contributed by atoms with E-state index in [1.165, 1.54) is 12.1 Å². The summed E-state index contributed by atoms with van der Waals surface area (Å²) in [6, 6.07) is 13.7. The van der Waals surface area contributed by atoms with Crippen LogP contribution in [0.3, 0.4) is 0 Å². The van der Waals surface area contributed by atoms with Gasteiger partial charge < -0.3 is 20.4 Å². The van der Waals surface area contributed by atoms with Crippen molar-refractivity contribution < 1.29 is 13.9 Å². The molecule has 0 aliphatic carbocycles. The smallest absolute Gasteiger partial charge is 0.249 e. The lowest BCUT2D eigenvalue weighted by atomic mass is 10.1. The van der Waals surface area contributed by atoms with Crippen molar-refractivity contribution in [3.63, 3.8) is 0 Å². The van der Waals surface area contributed by atoms with E-state index in [2.05, 4.69) is 10.3 Å². The molecule has 6 nitrogen and oxygen atoms in total. The normalized spacial score (nSPS) is 19.0. The molecule has 9 heteroatoms. The molecule has 0 saturated carbocycles. The molecule has 1 aromatic heterocycles. The molecule has 1 amide bonds. The minimum atomic E-state index is -0.504. The highest BCUT2D eigenvalue weighted by Gasteiger charge is 2.31. The highest BCUT2D eigenvalue weighted by atomic mass is 35.5. The molecule has 162 valence electrons. The average molecular weight is 455 g/mol. The molecule has 1 fully saturated rings. The minimum absolute atomic E-state index is 0. The van der Waals surface area contributed by atoms with E-state index >= 15 is 0 Å². The predicted molar refractivity (Wildman–Crippen MR) is 118 cm³/mol. The van der Waals surface area contributed by atoms with Gasteiger partial charge in [-0.2, -0.15) is 0 Å².